The van der Waals surface area contributed by atoms with Gasteiger partial charge in [0.15, 0.2) is 0 Å². The molecule has 0 aliphatic carbocycles. The first kappa shape index (κ1) is 22.7. The SMILES string of the molecule is C/C=C\C(/C(C)=C(/C)c1nccc(=O)n1C)N1CCc2ncc(-c3ccc(F)nc3)cc2C1. The molecule has 170 valence electrons. The molecule has 1 atom stereocenters. The lowest BCUT2D eigenvalue weighted by Crippen LogP contribution is -2.39. The Balaban J connectivity index is 1.67. The highest BCUT2D eigenvalue weighted by atomic mass is 19.1. The second-order valence-electron chi connectivity index (χ2n) is 8.36. The third-order valence-electron chi connectivity index (χ3n) is 6.33. The van der Waals surface area contributed by atoms with Gasteiger partial charge in [-0.05, 0) is 55.7 Å². The van der Waals surface area contributed by atoms with Gasteiger partial charge in [0.25, 0.3) is 5.56 Å². The van der Waals surface area contributed by atoms with Gasteiger partial charge < -0.3 is 0 Å². The smallest absolute Gasteiger partial charge is 0.253 e. The number of hydrogen-bond donors (Lipinski definition) is 0. The molecule has 0 bridgehead atoms. The van der Waals surface area contributed by atoms with Crippen molar-refractivity contribution in [2.24, 2.45) is 7.05 Å². The number of pyridine rings is 2. The van der Waals surface area contributed by atoms with Gasteiger partial charge in [-0.2, -0.15) is 4.39 Å². The maximum absolute atomic E-state index is 13.2. The van der Waals surface area contributed by atoms with Crippen LogP contribution in [-0.2, 0) is 20.0 Å². The zero-order chi connectivity index (χ0) is 23.5. The summed E-state index contributed by atoms with van der Waals surface area (Å²) in [7, 11) is 1.75. The second-order valence-corrected chi connectivity index (χ2v) is 8.36. The third-order valence-corrected chi connectivity index (χ3v) is 6.33. The Morgan fingerprint density at radius 1 is 1.12 bits per heavy atom. The number of aromatic nitrogens is 4. The standard InChI is InChI=1S/C26H28FN5O/c1-5-6-23(17(2)18(3)26-28-11-9-25(33)31(26)4)32-12-10-22-21(16-32)13-20(15-29-22)19-7-8-24(27)30-14-19/h5-9,11,13-15,23H,10,12,16H2,1-4H3/b6-5-,18-17-. The van der Waals surface area contributed by atoms with E-state index in [2.05, 4.69) is 45.0 Å². The molecule has 33 heavy (non-hydrogen) atoms. The summed E-state index contributed by atoms with van der Waals surface area (Å²) in [6, 6.07) is 6.76. The molecule has 0 amide bonds. The van der Waals surface area contributed by atoms with E-state index >= 15 is 0 Å². The van der Waals surface area contributed by atoms with E-state index < -0.39 is 5.95 Å². The summed E-state index contributed by atoms with van der Waals surface area (Å²) in [5.41, 5.74) is 6.10. The Morgan fingerprint density at radius 3 is 2.64 bits per heavy atom. The molecule has 0 saturated carbocycles. The summed E-state index contributed by atoms with van der Waals surface area (Å²) in [4.78, 5) is 27.4. The van der Waals surface area contributed by atoms with Crippen LogP contribution in [0.2, 0.25) is 0 Å². The molecule has 0 saturated heterocycles. The first-order chi connectivity index (χ1) is 15.9. The minimum atomic E-state index is -0.493. The lowest BCUT2D eigenvalue weighted by atomic mass is 9.95. The number of fused-ring (bicyclic) bond motifs is 1. The number of nitrogens with zero attached hydrogens (tertiary/aromatic N) is 5. The molecule has 0 fully saturated rings. The summed E-state index contributed by atoms with van der Waals surface area (Å²) in [6.45, 7) is 7.76. The molecule has 1 aliphatic rings. The van der Waals surface area contributed by atoms with Crippen molar-refractivity contribution in [2.45, 2.75) is 39.8 Å². The fraction of sp³-hybridized carbons (Fsp3) is 0.308. The molecule has 6 nitrogen and oxygen atoms in total. The summed E-state index contributed by atoms with van der Waals surface area (Å²) < 4.78 is 14.8. The quantitative estimate of drug-likeness (QED) is 0.436. The van der Waals surface area contributed by atoms with Crippen molar-refractivity contribution in [1.82, 2.24) is 24.4 Å². The molecular formula is C26H28FN5O. The molecule has 3 aromatic rings. The summed E-state index contributed by atoms with van der Waals surface area (Å²) in [6.07, 6.45) is 10.0. The normalized spacial score (nSPS) is 15.9. The molecular weight excluding hydrogens is 417 g/mol. The van der Waals surface area contributed by atoms with Crippen molar-refractivity contribution in [2.75, 3.05) is 6.54 Å². The van der Waals surface area contributed by atoms with Gasteiger partial charge in [0.2, 0.25) is 5.95 Å². The molecule has 7 heteroatoms. The van der Waals surface area contributed by atoms with Crippen molar-refractivity contribution in [3.05, 3.63) is 94.0 Å². The molecule has 0 aromatic carbocycles. The van der Waals surface area contributed by atoms with Gasteiger partial charge in [-0.1, -0.05) is 12.2 Å². The summed E-state index contributed by atoms with van der Waals surface area (Å²) in [5, 5.41) is 0. The van der Waals surface area contributed by atoms with Gasteiger partial charge in [-0.3, -0.25) is 19.2 Å². The number of allylic oxidation sites excluding steroid dienone is 2. The van der Waals surface area contributed by atoms with E-state index in [-0.39, 0.29) is 11.6 Å². The average molecular weight is 446 g/mol. The van der Waals surface area contributed by atoms with Gasteiger partial charge in [0, 0.05) is 74.1 Å². The molecule has 4 heterocycles. The van der Waals surface area contributed by atoms with Gasteiger partial charge in [-0.15, -0.1) is 0 Å². The molecule has 4 rings (SSSR count). The zero-order valence-corrected chi connectivity index (χ0v) is 19.4. The Bertz CT molecular complexity index is 1280. The van der Waals surface area contributed by atoms with Gasteiger partial charge in [0.05, 0.1) is 0 Å². The van der Waals surface area contributed by atoms with Crippen molar-refractivity contribution in [1.29, 1.82) is 0 Å². The van der Waals surface area contributed by atoms with E-state index in [1.807, 2.05) is 20.0 Å². The predicted molar refractivity (Wildman–Crippen MR) is 128 cm³/mol. The molecule has 0 radical (unpaired) electrons. The van der Waals surface area contributed by atoms with E-state index in [1.54, 1.807) is 23.9 Å². The van der Waals surface area contributed by atoms with Gasteiger partial charge >= 0.3 is 0 Å². The number of halogens is 1. The van der Waals surface area contributed by atoms with E-state index in [9.17, 15) is 9.18 Å². The van der Waals surface area contributed by atoms with Crippen molar-refractivity contribution in [3.63, 3.8) is 0 Å². The van der Waals surface area contributed by atoms with E-state index in [1.165, 1.54) is 18.3 Å². The van der Waals surface area contributed by atoms with Crippen LogP contribution in [0.25, 0.3) is 16.7 Å². The van der Waals surface area contributed by atoms with Crippen LogP contribution in [0.1, 0.15) is 37.9 Å². The average Bonchev–Trinajstić information content (AvgIpc) is 2.83. The molecule has 1 aliphatic heterocycles. The fourth-order valence-electron chi connectivity index (χ4n) is 4.33. The van der Waals surface area contributed by atoms with Crippen LogP contribution in [0.15, 0.2) is 65.4 Å². The van der Waals surface area contributed by atoms with E-state index in [0.717, 1.165) is 53.0 Å². The van der Waals surface area contributed by atoms with Crippen LogP contribution in [0.3, 0.4) is 0 Å². The Hall–Kier alpha value is -3.45. The summed E-state index contributed by atoms with van der Waals surface area (Å²) in [5.74, 6) is 0.188. The summed E-state index contributed by atoms with van der Waals surface area (Å²) >= 11 is 0. The topological polar surface area (TPSA) is 63.9 Å². The number of rotatable bonds is 5. The number of hydrogen-bond acceptors (Lipinski definition) is 5. The Kier molecular flexibility index (Phi) is 6.60. The van der Waals surface area contributed by atoms with Crippen LogP contribution >= 0.6 is 0 Å². The second kappa shape index (κ2) is 9.58. The molecule has 3 aromatic heterocycles. The first-order valence-electron chi connectivity index (χ1n) is 11.1. The Labute approximate surface area is 193 Å². The van der Waals surface area contributed by atoms with Crippen LogP contribution in [0, 0.1) is 5.95 Å². The van der Waals surface area contributed by atoms with Crippen LogP contribution < -0.4 is 5.56 Å². The van der Waals surface area contributed by atoms with Gasteiger partial charge in [0.1, 0.15) is 5.82 Å². The molecule has 1 unspecified atom stereocenters. The first-order valence-corrected chi connectivity index (χ1v) is 11.1. The van der Waals surface area contributed by atoms with Gasteiger partial charge in [-0.25, -0.2) is 9.97 Å². The monoisotopic (exact) mass is 445 g/mol. The highest BCUT2D eigenvalue weighted by molar-refractivity contribution is 5.64. The Morgan fingerprint density at radius 2 is 1.91 bits per heavy atom. The lowest BCUT2D eigenvalue weighted by molar-refractivity contribution is 0.230. The van der Waals surface area contributed by atoms with Crippen molar-refractivity contribution >= 4 is 5.57 Å². The fourth-order valence-corrected chi connectivity index (χ4v) is 4.33. The maximum atomic E-state index is 13.2. The minimum absolute atomic E-state index is 0.0661. The van der Waals surface area contributed by atoms with E-state index in [4.69, 9.17) is 0 Å². The van der Waals surface area contributed by atoms with Crippen molar-refractivity contribution in [3.8, 4) is 11.1 Å². The highest BCUT2D eigenvalue weighted by Crippen LogP contribution is 2.29. The van der Waals surface area contributed by atoms with E-state index in [0.29, 0.717) is 5.82 Å². The molecule has 0 N–H and O–H groups in total. The van der Waals surface area contributed by atoms with Crippen LogP contribution in [0.4, 0.5) is 4.39 Å². The lowest BCUT2D eigenvalue weighted by Gasteiger charge is -2.35. The zero-order valence-electron chi connectivity index (χ0n) is 19.4. The van der Waals surface area contributed by atoms with Crippen LogP contribution in [-0.4, -0.2) is 37.0 Å². The largest absolute Gasteiger partial charge is 0.296 e. The van der Waals surface area contributed by atoms with Crippen molar-refractivity contribution < 1.29 is 4.39 Å². The predicted octanol–water partition coefficient (Wildman–Crippen LogP) is 4.17. The van der Waals surface area contributed by atoms with Crippen LogP contribution in [0.5, 0.6) is 0 Å². The third kappa shape index (κ3) is 4.68. The molecule has 0 spiro atoms. The minimum Gasteiger partial charge on any atom is -0.296 e. The maximum Gasteiger partial charge on any atom is 0.253 e. The highest BCUT2D eigenvalue weighted by Gasteiger charge is 2.25.